The van der Waals surface area contributed by atoms with E-state index < -0.39 is 0 Å². The van der Waals surface area contributed by atoms with Crippen molar-refractivity contribution in [3.63, 3.8) is 0 Å². The Morgan fingerprint density at radius 1 is 0.968 bits per heavy atom. The summed E-state index contributed by atoms with van der Waals surface area (Å²) in [4.78, 5) is 12.0. The van der Waals surface area contributed by atoms with Gasteiger partial charge in [0, 0.05) is 16.8 Å². The predicted molar refractivity (Wildman–Crippen MR) is 132 cm³/mol. The van der Waals surface area contributed by atoms with Gasteiger partial charge < -0.3 is 10.1 Å². The molecule has 0 fully saturated rings. The second-order valence-electron chi connectivity index (χ2n) is 6.76. The highest BCUT2D eigenvalue weighted by Crippen LogP contribution is 2.17. The molecule has 3 aromatic rings. The Kier molecular flexibility index (Phi) is 8.64. The summed E-state index contributed by atoms with van der Waals surface area (Å²) >= 11 is 11.3. The van der Waals surface area contributed by atoms with E-state index in [4.69, 9.17) is 28.6 Å². The molecule has 3 rings (SSSR count). The first kappa shape index (κ1) is 22.5. The van der Waals surface area contributed by atoms with Gasteiger partial charge in [0.1, 0.15) is 5.75 Å². The van der Waals surface area contributed by atoms with Crippen LogP contribution in [0.1, 0.15) is 17.5 Å². The molecule has 0 bridgehead atoms. The van der Waals surface area contributed by atoms with Crippen LogP contribution in [-0.2, 0) is 11.2 Å². The van der Waals surface area contributed by atoms with Gasteiger partial charge in [-0.1, -0.05) is 60.1 Å². The zero-order valence-corrected chi connectivity index (χ0v) is 18.5. The lowest BCUT2D eigenvalue weighted by atomic mass is 10.1. The SMILES string of the molecule is O=C(/C=C/c1ccccc1Cl)NC(=S)Nc1ccc(OCCCc2ccccc2)cc1. The van der Waals surface area contributed by atoms with Crippen molar-refractivity contribution in [2.45, 2.75) is 12.8 Å². The molecule has 0 saturated heterocycles. The monoisotopic (exact) mass is 450 g/mol. The van der Waals surface area contributed by atoms with E-state index in [1.54, 1.807) is 12.1 Å². The lowest BCUT2D eigenvalue weighted by Gasteiger charge is -2.10. The Bertz CT molecular complexity index is 1040. The zero-order valence-electron chi connectivity index (χ0n) is 16.9. The predicted octanol–water partition coefficient (Wildman–Crippen LogP) is 5.88. The smallest absolute Gasteiger partial charge is 0.250 e. The van der Waals surface area contributed by atoms with Gasteiger partial charge in [-0.05, 0) is 72.6 Å². The van der Waals surface area contributed by atoms with E-state index in [0.29, 0.717) is 11.6 Å². The molecular formula is C25H23ClN2O2S. The normalized spacial score (nSPS) is 10.6. The molecule has 0 saturated carbocycles. The van der Waals surface area contributed by atoms with Crippen LogP contribution in [0.2, 0.25) is 5.02 Å². The summed E-state index contributed by atoms with van der Waals surface area (Å²) in [5.41, 5.74) is 2.83. The first-order chi connectivity index (χ1) is 15.1. The van der Waals surface area contributed by atoms with Crippen molar-refractivity contribution in [2.75, 3.05) is 11.9 Å². The first-order valence-corrected chi connectivity index (χ1v) is 10.7. The van der Waals surface area contributed by atoms with E-state index >= 15 is 0 Å². The van der Waals surface area contributed by atoms with Gasteiger partial charge in [-0.3, -0.25) is 10.1 Å². The van der Waals surface area contributed by atoms with Crippen molar-refractivity contribution >= 4 is 46.6 Å². The topological polar surface area (TPSA) is 50.4 Å². The zero-order chi connectivity index (χ0) is 21.9. The van der Waals surface area contributed by atoms with Crippen molar-refractivity contribution in [3.05, 3.63) is 101 Å². The molecule has 1 amide bonds. The first-order valence-electron chi connectivity index (χ1n) is 9.91. The number of halogens is 1. The van der Waals surface area contributed by atoms with Gasteiger partial charge in [0.2, 0.25) is 5.91 Å². The summed E-state index contributed by atoms with van der Waals surface area (Å²) in [6.07, 6.45) is 4.97. The van der Waals surface area contributed by atoms with Crippen LogP contribution in [0.5, 0.6) is 5.75 Å². The molecule has 6 heteroatoms. The van der Waals surface area contributed by atoms with Crippen LogP contribution in [0.4, 0.5) is 5.69 Å². The Morgan fingerprint density at radius 3 is 2.42 bits per heavy atom. The number of anilines is 1. The van der Waals surface area contributed by atoms with E-state index in [1.165, 1.54) is 11.6 Å². The van der Waals surface area contributed by atoms with Gasteiger partial charge >= 0.3 is 0 Å². The van der Waals surface area contributed by atoms with Crippen molar-refractivity contribution in [2.24, 2.45) is 0 Å². The van der Waals surface area contributed by atoms with Crippen LogP contribution in [-0.4, -0.2) is 17.6 Å². The maximum absolute atomic E-state index is 12.0. The Morgan fingerprint density at radius 2 is 1.68 bits per heavy atom. The fourth-order valence-corrected chi connectivity index (χ4v) is 3.25. The molecule has 158 valence electrons. The summed E-state index contributed by atoms with van der Waals surface area (Å²) in [6, 6.07) is 25.1. The third-order valence-electron chi connectivity index (χ3n) is 4.39. The number of carbonyl (C=O) groups is 1. The van der Waals surface area contributed by atoms with Crippen LogP contribution >= 0.6 is 23.8 Å². The van der Waals surface area contributed by atoms with Gasteiger partial charge in [0.15, 0.2) is 5.11 Å². The number of hydrogen-bond acceptors (Lipinski definition) is 3. The number of hydrogen-bond donors (Lipinski definition) is 2. The minimum absolute atomic E-state index is 0.213. The van der Waals surface area contributed by atoms with Gasteiger partial charge in [0.25, 0.3) is 0 Å². The third-order valence-corrected chi connectivity index (χ3v) is 4.94. The van der Waals surface area contributed by atoms with Crippen molar-refractivity contribution in [1.29, 1.82) is 0 Å². The number of rotatable bonds is 8. The summed E-state index contributed by atoms with van der Waals surface area (Å²) in [5, 5.41) is 6.38. The van der Waals surface area contributed by atoms with Crippen molar-refractivity contribution in [3.8, 4) is 5.75 Å². The molecule has 4 nitrogen and oxygen atoms in total. The Hall–Kier alpha value is -3.15. The lowest BCUT2D eigenvalue weighted by Crippen LogP contribution is -2.32. The average Bonchev–Trinajstić information content (AvgIpc) is 2.78. The van der Waals surface area contributed by atoms with E-state index in [1.807, 2.05) is 60.7 Å². The molecule has 0 aliphatic carbocycles. The number of benzene rings is 3. The second kappa shape index (κ2) is 11.9. The molecule has 31 heavy (non-hydrogen) atoms. The molecular weight excluding hydrogens is 428 g/mol. The van der Waals surface area contributed by atoms with Gasteiger partial charge in [-0.2, -0.15) is 0 Å². The molecule has 3 aromatic carbocycles. The standard InChI is InChI=1S/C25H23ClN2O2S/c26-23-11-5-4-10-20(23)12-17-24(29)28-25(31)27-21-13-15-22(16-14-21)30-18-6-9-19-7-2-1-3-8-19/h1-5,7-8,10-17H,6,9,18H2,(H2,27,28,29,31)/b17-12+. The van der Waals surface area contributed by atoms with E-state index in [-0.39, 0.29) is 11.0 Å². The molecule has 0 unspecified atom stereocenters. The summed E-state index contributed by atoms with van der Waals surface area (Å²) < 4.78 is 5.79. The van der Waals surface area contributed by atoms with Gasteiger partial charge in [0.05, 0.1) is 6.61 Å². The van der Waals surface area contributed by atoms with Crippen LogP contribution in [0, 0.1) is 0 Å². The fraction of sp³-hybridized carbons (Fsp3) is 0.120. The summed E-state index contributed by atoms with van der Waals surface area (Å²) in [5.74, 6) is 0.451. The Labute approximate surface area is 192 Å². The van der Waals surface area contributed by atoms with E-state index in [2.05, 4.69) is 22.8 Å². The fourth-order valence-electron chi connectivity index (χ4n) is 2.84. The van der Waals surface area contributed by atoms with Gasteiger partial charge in [-0.15, -0.1) is 0 Å². The minimum Gasteiger partial charge on any atom is -0.494 e. The number of amides is 1. The molecule has 0 radical (unpaired) electrons. The molecule has 0 spiro atoms. The van der Waals surface area contributed by atoms with Crippen molar-refractivity contribution < 1.29 is 9.53 Å². The van der Waals surface area contributed by atoms with Crippen LogP contribution in [0.15, 0.2) is 84.9 Å². The summed E-state index contributed by atoms with van der Waals surface area (Å²) in [7, 11) is 0. The van der Waals surface area contributed by atoms with E-state index in [9.17, 15) is 4.79 Å². The van der Waals surface area contributed by atoms with Crippen molar-refractivity contribution in [1.82, 2.24) is 5.32 Å². The molecule has 0 atom stereocenters. The highest BCUT2D eigenvalue weighted by atomic mass is 35.5. The molecule has 0 aliphatic rings. The van der Waals surface area contributed by atoms with E-state index in [0.717, 1.165) is 29.8 Å². The minimum atomic E-state index is -0.337. The van der Waals surface area contributed by atoms with Crippen LogP contribution < -0.4 is 15.4 Å². The summed E-state index contributed by atoms with van der Waals surface area (Å²) in [6.45, 7) is 0.647. The number of aryl methyl sites for hydroxylation is 1. The number of thiocarbonyl (C=S) groups is 1. The number of ether oxygens (including phenoxy) is 1. The molecule has 0 aliphatic heterocycles. The average molecular weight is 451 g/mol. The third kappa shape index (κ3) is 7.89. The number of nitrogens with one attached hydrogen (secondary N) is 2. The molecule has 0 heterocycles. The van der Waals surface area contributed by atoms with Gasteiger partial charge in [-0.25, -0.2) is 0 Å². The maximum Gasteiger partial charge on any atom is 0.250 e. The van der Waals surface area contributed by atoms with Crippen LogP contribution in [0.3, 0.4) is 0 Å². The Balaban J connectivity index is 1.40. The highest BCUT2D eigenvalue weighted by Gasteiger charge is 2.03. The molecule has 0 aromatic heterocycles. The highest BCUT2D eigenvalue weighted by molar-refractivity contribution is 7.80. The maximum atomic E-state index is 12.0. The quantitative estimate of drug-likeness (QED) is 0.255. The largest absolute Gasteiger partial charge is 0.494 e. The second-order valence-corrected chi connectivity index (χ2v) is 7.58. The number of carbonyl (C=O) groups excluding carboxylic acids is 1. The lowest BCUT2D eigenvalue weighted by molar-refractivity contribution is -0.115. The molecule has 2 N–H and O–H groups in total. The van der Waals surface area contributed by atoms with Crippen LogP contribution in [0.25, 0.3) is 6.08 Å².